The van der Waals surface area contributed by atoms with Gasteiger partial charge in [-0.3, -0.25) is 10.1 Å². The van der Waals surface area contributed by atoms with Crippen molar-refractivity contribution in [2.24, 2.45) is 0 Å². The molecule has 0 aliphatic rings. The standard InChI is InChI=1S/C14H21ClN2O2/c1-3-4-5-7-11(2)16-10-12-13(15)8-6-9-14(12)17(18)19/h6,8-9,11,16H,3-5,7,10H2,1-2H3. The third-order valence-electron chi connectivity index (χ3n) is 3.16. The van der Waals surface area contributed by atoms with Crippen LogP contribution in [-0.2, 0) is 6.54 Å². The number of nitrogens with one attached hydrogen (secondary N) is 1. The van der Waals surface area contributed by atoms with E-state index in [2.05, 4.69) is 19.2 Å². The van der Waals surface area contributed by atoms with Crippen molar-refractivity contribution in [2.75, 3.05) is 0 Å². The Morgan fingerprint density at radius 2 is 2.16 bits per heavy atom. The van der Waals surface area contributed by atoms with Crippen molar-refractivity contribution in [1.29, 1.82) is 0 Å². The van der Waals surface area contributed by atoms with Gasteiger partial charge in [0, 0.05) is 18.7 Å². The molecule has 0 aliphatic heterocycles. The van der Waals surface area contributed by atoms with Crippen molar-refractivity contribution in [2.45, 2.75) is 52.1 Å². The molecule has 0 spiro atoms. The van der Waals surface area contributed by atoms with Crippen LogP contribution in [-0.4, -0.2) is 11.0 Å². The number of nitro groups is 1. The molecule has 0 heterocycles. The molecule has 5 heteroatoms. The van der Waals surface area contributed by atoms with Crippen LogP contribution in [0.4, 0.5) is 5.69 Å². The van der Waals surface area contributed by atoms with Crippen LogP contribution in [0.1, 0.15) is 45.1 Å². The van der Waals surface area contributed by atoms with Crippen molar-refractivity contribution in [3.05, 3.63) is 38.9 Å². The van der Waals surface area contributed by atoms with Gasteiger partial charge in [-0.05, 0) is 19.4 Å². The summed E-state index contributed by atoms with van der Waals surface area (Å²) in [6.45, 7) is 4.70. The highest BCUT2D eigenvalue weighted by Gasteiger charge is 2.16. The Labute approximate surface area is 119 Å². The first-order valence-electron chi connectivity index (χ1n) is 6.71. The molecule has 4 nitrogen and oxygen atoms in total. The smallest absolute Gasteiger partial charge is 0.275 e. The van der Waals surface area contributed by atoms with E-state index in [-0.39, 0.29) is 10.6 Å². The number of hydrogen-bond donors (Lipinski definition) is 1. The lowest BCUT2D eigenvalue weighted by Gasteiger charge is -2.14. The zero-order chi connectivity index (χ0) is 14.3. The van der Waals surface area contributed by atoms with Gasteiger partial charge >= 0.3 is 0 Å². The van der Waals surface area contributed by atoms with Gasteiger partial charge in [-0.25, -0.2) is 0 Å². The molecule has 1 rings (SSSR count). The molecular weight excluding hydrogens is 264 g/mol. The fourth-order valence-corrected chi connectivity index (χ4v) is 2.21. The topological polar surface area (TPSA) is 55.2 Å². The maximum Gasteiger partial charge on any atom is 0.275 e. The lowest BCUT2D eigenvalue weighted by atomic mass is 10.1. The molecule has 0 fully saturated rings. The molecule has 0 radical (unpaired) electrons. The van der Waals surface area contributed by atoms with E-state index in [9.17, 15) is 10.1 Å². The van der Waals surface area contributed by atoms with Crippen molar-refractivity contribution in [3.63, 3.8) is 0 Å². The Kier molecular flexibility index (Phi) is 6.81. The van der Waals surface area contributed by atoms with Crippen LogP contribution in [0.3, 0.4) is 0 Å². The van der Waals surface area contributed by atoms with Gasteiger partial charge in [-0.15, -0.1) is 0 Å². The highest BCUT2D eigenvalue weighted by molar-refractivity contribution is 6.31. The molecule has 1 aromatic carbocycles. The van der Waals surface area contributed by atoms with Gasteiger partial charge < -0.3 is 5.32 Å². The van der Waals surface area contributed by atoms with Crippen LogP contribution in [0, 0.1) is 10.1 Å². The van der Waals surface area contributed by atoms with E-state index in [0.29, 0.717) is 23.2 Å². The zero-order valence-corrected chi connectivity index (χ0v) is 12.2. The van der Waals surface area contributed by atoms with Gasteiger partial charge in [0.25, 0.3) is 5.69 Å². The summed E-state index contributed by atoms with van der Waals surface area (Å²) in [5.74, 6) is 0. The molecule has 0 aromatic heterocycles. The number of halogens is 1. The average molecular weight is 285 g/mol. The molecule has 0 saturated carbocycles. The molecule has 0 saturated heterocycles. The van der Waals surface area contributed by atoms with Crippen molar-refractivity contribution in [1.82, 2.24) is 5.32 Å². The van der Waals surface area contributed by atoms with E-state index in [4.69, 9.17) is 11.6 Å². The van der Waals surface area contributed by atoms with Gasteiger partial charge in [0.05, 0.1) is 15.5 Å². The van der Waals surface area contributed by atoms with E-state index < -0.39 is 0 Å². The largest absolute Gasteiger partial charge is 0.310 e. The summed E-state index contributed by atoms with van der Waals surface area (Å²) in [6.07, 6.45) is 4.67. The van der Waals surface area contributed by atoms with E-state index in [1.54, 1.807) is 12.1 Å². The molecule has 0 aliphatic carbocycles. The molecule has 0 bridgehead atoms. The van der Waals surface area contributed by atoms with Crippen LogP contribution in [0.15, 0.2) is 18.2 Å². The monoisotopic (exact) mass is 284 g/mol. The molecule has 0 amide bonds. The third kappa shape index (κ3) is 5.17. The molecule has 1 aromatic rings. The Hall–Kier alpha value is -1.13. The Morgan fingerprint density at radius 3 is 2.79 bits per heavy atom. The highest BCUT2D eigenvalue weighted by Crippen LogP contribution is 2.26. The van der Waals surface area contributed by atoms with E-state index in [0.717, 1.165) is 6.42 Å². The molecule has 1 atom stereocenters. The van der Waals surface area contributed by atoms with Crippen LogP contribution in [0.25, 0.3) is 0 Å². The van der Waals surface area contributed by atoms with Crippen LogP contribution >= 0.6 is 11.6 Å². The van der Waals surface area contributed by atoms with Gasteiger partial charge in [-0.2, -0.15) is 0 Å². The molecular formula is C14H21ClN2O2. The highest BCUT2D eigenvalue weighted by atomic mass is 35.5. The Balaban J connectivity index is 2.59. The predicted molar refractivity (Wildman–Crippen MR) is 78.6 cm³/mol. The summed E-state index contributed by atoms with van der Waals surface area (Å²) in [5.41, 5.74) is 0.650. The third-order valence-corrected chi connectivity index (χ3v) is 3.51. The molecule has 106 valence electrons. The predicted octanol–water partition coefficient (Wildman–Crippen LogP) is 4.31. The second-order valence-electron chi connectivity index (χ2n) is 4.77. The van der Waals surface area contributed by atoms with Gasteiger partial charge in [0.15, 0.2) is 0 Å². The summed E-state index contributed by atoms with van der Waals surface area (Å²) in [4.78, 5) is 10.6. The fraction of sp³-hybridized carbons (Fsp3) is 0.571. The zero-order valence-electron chi connectivity index (χ0n) is 11.5. The summed E-state index contributed by atoms with van der Waals surface area (Å²) < 4.78 is 0. The van der Waals surface area contributed by atoms with E-state index >= 15 is 0 Å². The quantitative estimate of drug-likeness (QED) is 0.440. The number of nitrogens with zero attached hydrogens (tertiary/aromatic N) is 1. The average Bonchev–Trinajstić information content (AvgIpc) is 2.37. The maximum absolute atomic E-state index is 10.9. The first-order chi connectivity index (χ1) is 9.06. The number of rotatable bonds is 8. The second-order valence-corrected chi connectivity index (χ2v) is 5.18. The lowest BCUT2D eigenvalue weighted by Crippen LogP contribution is -2.25. The number of nitro benzene ring substituents is 1. The number of hydrogen-bond acceptors (Lipinski definition) is 3. The summed E-state index contributed by atoms with van der Waals surface area (Å²) in [6, 6.07) is 5.12. The van der Waals surface area contributed by atoms with Crippen LogP contribution in [0.2, 0.25) is 5.02 Å². The summed E-state index contributed by atoms with van der Waals surface area (Å²) in [7, 11) is 0. The number of unbranched alkanes of at least 4 members (excludes halogenated alkanes) is 2. The minimum absolute atomic E-state index is 0.0840. The Morgan fingerprint density at radius 1 is 1.42 bits per heavy atom. The van der Waals surface area contributed by atoms with Gasteiger partial charge in [-0.1, -0.05) is 43.9 Å². The lowest BCUT2D eigenvalue weighted by molar-refractivity contribution is -0.385. The van der Waals surface area contributed by atoms with Crippen LogP contribution in [0.5, 0.6) is 0 Å². The van der Waals surface area contributed by atoms with Crippen LogP contribution < -0.4 is 5.32 Å². The minimum atomic E-state index is -0.384. The fourth-order valence-electron chi connectivity index (χ4n) is 1.97. The number of benzene rings is 1. The van der Waals surface area contributed by atoms with Gasteiger partial charge in [0.1, 0.15) is 0 Å². The van der Waals surface area contributed by atoms with E-state index in [1.165, 1.54) is 25.3 Å². The molecule has 1 unspecified atom stereocenters. The first kappa shape index (κ1) is 15.9. The molecule has 1 N–H and O–H groups in total. The van der Waals surface area contributed by atoms with Crippen molar-refractivity contribution in [3.8, 4) is 0 Å². The maximum atomic E-state index is 10.9. The SMILES string of the molecule is CCCCCC(C)NCc1c(Cl)cccc1[N+](=O)[O-]. The minimum Gasteiger partial charge on any atom is -0.310 e. The molecule has 19 heavy (non-hydrogen) atoms. The summed E-state index contributed by atoms with van der Waals surface area (Å²) in [5, 5.41) is 14.7. The second kappa shape index (κ2) is 8.12. The van der Waals surface area contributed by atoms with Crippen molar-refractivity contribution < 1.29 is 4.92 Å². The van der Waals surface area contributed by atoms with Crippen molar-refractivity contribution >= 4 is 17.3 Å². The Bertz CT molecular complexity index is 424. The summed E-state index contributed by atoms with van der Waals surface area (Å²) >= 11 is 6.04. The van der Waals surface area contributed by atoms with E-state index in [1.807, 2.05) is 0 Å². The van der Waals surface area contributed by atoms with Gasteiger partial charge in [0.2, 0.25) is 0 Å². The first-order valence-corrected chi connectivity index (χ1v) is 7.09. The normalized spacial score (nSPS) is 12.4.